The number of hydrogen-bond acceptors (Lipinski definition) is 5. The fourth-order valence-corrected chi connectivity index (χ4v) is 3.05. The fraction of sp³-hybridized carbons (Fsp3) is 0.421. The number of ether oxygens (including phenoxy) is 1. The molecule has 0 amide bonds. The molecule has 6 nitrogen and oxygen atoms in total. The summed E-state index contributed by atoms with van der Waals surface area (Å²) in [4.78, 5) is 12.3. The SMILES string of the molecule is CCCCc1nnc(-c2cc3ccccc3n2C(CC)C(=O)OC)o1. The van der Waals surface area contributed by atoms with Crippen LogP contribution in [0.1, 0.15) is 45.0 Å². The maximum atomic E-state index is 12.3. The third kappa shape index (κ3) is 3.29. The molecule has 6 heteroatoms. The number of rotatable bonds is 7. The number of fused-ring (bicyclic) bond motifs is 1. The number of nitrogens with zero attached hydrogens (tertiary/aromatic N) is 3. The minimum absolute atomic E-state index is 0.282. The quantitative estimate of drug-likeness (QED) is 0.604. The van der Waals surface area contributed by atoms with Crippen molar-refractivity contribution in [2.75, 3.05) is 7.11 Å². The van der Waals surface area contributed by atoms with Crippen LogP contribution in [0.15, 0.2) is 34.7 Å². The van der Waals surface area contributed by atoms with Crippen molar-refractivity contribution in [3.05, 3.63) is 36.2 Å². The molecular weight excluding hydrogens is 318 g/mol. The van der Waals surface area contributed by atoms with Crippen LogP contribution in [-0.2, 0) is 16.0 Å². The fourth-order valence-electron chi connectivity index (χ4n) is 3.05. The summed E-state index contributed by atoms with van der Waals surface area (Å²) >= 11 is 0. The predicted molar refractivity (Wildman–Crippen MR) is 95.2 cm³/mol. The van der Waals surface area contributed by atoms with Gasteiger partial charge in [0.25, 0.3) is 5.89 Å². The number of aromatic nitrogens is 3. The van der Waals surface area contributed by atoms with Gasteiger partial charge in [-0.3, -0.25) is 0 Å². The molecule has 0 fully saturated rings. The largest absolute Gasteiger partial charge is 0.467 e. The van der Waals surface area contributed by atoms with E-state index in [9.17, 15) is 4.79 Å². The molecule has 0 aliphatic carbocycles. The van der Waals surface area contributed by atoms with E-state index in [4.69, 9.17) is 9.15 Å². The Morgan fingerprint density at radius 1 is 1.28 bits per heavy atom. The van der Waals surface area contributed by atoms with Gasteiger partial charge in [0.2, 0.25) is 5.89 Å². The lowest BCUT2D eigenvalue weighted by molar-refractivity contribution is -0.144. The molecule has 3 aromatic rings. The van der Waals surface area contributed by atoms with Crippen LogP contribution in [0.3, 0.4) is 0 Å². The highest BCUT2D eigenvalue weighted by atomic mass is 16.5. The summed E-state index contributed by atoms with van der Waals surface area (Å²) in [5.74, 6) is 0.778. The number of methoxy groups -OCH3 is 1. The second-order valence-electron chi connectivity index (χ2n) is 6.01. The number of benzene rings is 1. The summed E-state index contributed by atoms with van der Waals surface area (Å²) in [6, 6.07) is 9.46. The summed E-state index contributed by atoms with van der Waals surface area (Å²) in [6.45, 7) is 4.08. The molecule has 0 saturated heterocycles. The molecule has 1 unspecified atom stereocenters. The van der Waals surface area contributed by atoms with Gasteiger partial charge in [-0.05, 0) is 25.0 Å². The molecule has 1 atom stereocenters. The maximum Gasteiger partial charge on any atom is 0.328 e. The molecule has 0 saturated carbocycles. The Morgan fingerprint density at radius 3 is 2.80 bits per heavy atom. The zero-order chi connectivity index (χ0) is 17.8. The maximum absolute atomic E-state index is 12.3. The van der Waals surface area contributed by atoms with Crippen LogP contribution in [0.5, 0.6) is 0 Å². The zero-order valence-corrected chi connectivity index (χ0v) is 14.9. The minimum atomic E-state index is -0.439. The van der Waals surface area contributed by atoms with Crippen LogP contribution < -0.4 is 0 Å². The second-order valence-corrected chi connectivity index (χ2v) is 6.01. The highest BCUT2D eigenvalue weighted by Gasteiger charge is 2.26. The van der Waals surface area contributed by atoms with Crippen LogP contribution in [-0.4, -0.2) is 27.8 Å². The van der Waals surface area contributed by atoms with Crippen LogP contribution in [0.4, 0.5) is 0 Å². The van der Waals surface area contributed by atoms with E-state index in [1.54, 1.807) is 0 Å². The van der Waals surface area contributed by atoms with E-state index in [2.05, 4.69) is 17.1 Å². The lowest BCUT2D eigenvalue weighted by Crippen LogP contribution is -2.20. The number of esters is 1. The van der Waals surface area contributed by atoms with Gasteiger partial charge >= 0.3 is 5.97 Å². The lowest BCUT2D eigenvalue weighted by Gasteiger charge is -2.18. The molecule has 0 bridgehead atoms. The number of aryl methyl sites for hydroxylation is 1. The van der Waals surface area contributed by atoms with Gasteiger partial charge in [0, 0.05) is 17.3 Å². The van der Waals surface area contributed by atoms with E-state index in [-0.39, 0.29) is 5.97 Å². The summed E-state index contributed by atoms with van der Waals surface area (Å²) in [6.07, 6.45) is 3.44. The van der Waals surface area contributed by atoms with E-state index in [0.29, 0.717) is 18.2 Å². The van der Waals surface area contributed by atoms with Crippen LogP contribution >= 0.6 is 0 Å². The van der Waals surface area contributed by atoms with E-state index < -0.39 is 6.04 Å². The highest BCUT2D eigenvalue weighted by molar-refractivity contribution is 5.88. The third-order valence-electron chi connectivity index (χ3n) is 4.35. The van der Waals surface area contributed by atoms with Gasteiger partial charge in [0.05, 0.1) is 7.11 Å². The van der Waals surface area contributed by atoms with Gasteiger partial charge in [-0.15, -0.1) is 10.2 Å². The zero-order valence-electron chi connectivity index (χ0n) is 14.9. The molecule has 25 heavy (non-hydrogen) atoms. The molecule has 2 heterocycles. The Hall–Kier alpha value is -2.63. The van der Waals surface area contributed by atoms with Gasteiger partial charge in [-0.25, -0.2) is 4.79 Å². The van der Waals surface area contributed by atoms with Crippen LogP contribution in [0.25, 0.3) is 22.5 Å². The predicted octanol–water partition coefficient (Wildman–Crippen LogP) is 4.16. The monoisotopic (exact) mass is 341 g/mol. The average Bonchev–Trinajstić information content (AvgIpc) is 3.25. The molecular formula is C19H23N3O3. The lowest BCUT2D eigenvalue weighted by atomic mass is 10.2. The van der Waals surface area contributed by atoms with Crippen molar-refractivity contribution in [1.29, 1.82) is 0 Å². The van der Waals surface area contributed by atoms with Gasteiger partial charge < -0.3 is 13.7 Å². The molecule has 0 N–H and O–H groups in total. The van der Waals surface area contributed by atoms with E-state index in [1.807, 2.05) is 41.8 Å². The molecule has 1 aromatic carbocycles. The number of unbranched alkanes of at least 4 members (excludes halogenated alkanes) is 1. The van der Waals surface area contributed by atoms with Crippen molar-refractivity contribution in [1.82, 2.24) is 14.8 Å². The number of carbonyl (C=O) groups is 1. The molecule has 0 spiro atoms. The number of hydrogen-bond donors (Lipinski definition) is 0. The summed E-state index contributed by atoms with van der Waals surface area (Å²) < 4.78 is 12.8. The molecule has 0 aliphatic heterocycles. The van der Waals surface area contributed by atoms with Crippen molar-refractivity contribution in [2.45, 2.75) is 45.6 Å². The van der Waals surface area contributed by atoms with Crippen LogP contribution in [0, 0.1) is 0 Å². The molecule has 0 aliphatic rings. The Morgan fingerprint density at radius 2 is 2.08 bits per heavy atom. The molecule has 3 rings (SSSR count). The third-order valence-corrected chi connectivity index (χ3v) is 4.35. The van der Waals surface area contributed by atoms with Crippen molar-refractivity contribution in [2.24, 2.45) is 0 Å². The topological polar surface area (TPSA) is 70.2 Å². The Balaban J connectivity index is 2.12. The van der Waals surface area contributed by atoms with Gasteiger partial charge in [-0.1, -0.05) is 38.5 Å². The van der Waals surface area contributed by atoms with E-state index in [1.165, 1.54) is 7.11 Å². The molecule has 2 aromatic heterocycles. The number of para-hydroxylation sites is 1. The van der Waals surface area contributed by atoms with Gasteiger partial charge in [0.15, 0.2) is 0 Å². The first kappa shape index (κ1) is 17.2. The summed E-state index contributed by atoms with van der Waals surface area (Å²) in [7, 11) is 1.41. The molecule has 132 valence electrons. The Kier molecular flexibility index (Phi) is 5.16. The van der Waals surface area contributed by atoms with Crippen molar-refractivity contribution in [3.63, 3.8) is 0 Å². The summed E-state index contributed by atoms with van der Waals surface area (Å²) in [5.41, 5.74) is 1.69. The highest BCUT2D eigenvalue weighted by Crippen LogP contribution is 2.32. The second kappa shape index (κ2) is 7.51. The minimum Gasteiger partial charge on any atom is -0.467 e. The van der Waals surface area contributed by atoms with Gasteiger partial charge in [0.1, 0.15) is 11.7 Å². The van der Waals surface area contributed by atoms with E-state index >= 15 is 0 Å². The average molecular weight is 341 g/mol. The first-order valence-electron chi connectivity index (χ1n) is 8.70. The Labute approximate surface area is 146 Å². The summed E-state index contributed by atoms with van der Waals surface area (Å²) in [5, 5.41) is 9.37. The van der Waals surface area contributed by atoms with E-state index in [0.717, 1.165) is 35.9 Å². The first-order chi connectivity index (χ1) is 12.2. The van der Waals surface area contributed by atoms with Gasteiger partial charge in [-0.2, -0.15) is 0 Å². The smallest absolute Gasteiger partial charge is 0.328 e. The normalized spacial score (nSPS) is 12.4. The Bertz CT molecular complexity index is 866. The van der Waals surface area contributed by atoms with Crippen LogP contribution in [0.2, 0.25) is 0 Å². The first-order valence-corrected chi connectivity index (χ1v) is 8.70. The number of carbonyl (C=O) groups excluding carboxylic acids is 1. The van der Waals surface area contributed by atoms with Crippen molar-refractivity contribution < 1.29 is 13.9 Å². The molecule has 0 radical (unpaired) electrons. The van der Waals surface area contributed by atoms with Crippen molar-refractivity contribution in [3.8, 4) is 11.6 Å². The standard InChI is InChI=1S/C19H23N3O3/c1-4-6-11-17-20-21-18(25-17)16-12-13-9-7-8-10-15(13)22(16)14(5-2)19(23)24-3/h7-10,12,14H,4-6,11H2,1-3H3. The van der Waals surface area contributed by atoms with Crippen molar-refractivity contribution >= 4 is 16.9 Å².